The van der Waals surface area contributed by atoms with Crippen LogP contribution in [0, 0.1) is 0 Å². The van der Waals surface area contributed by atoms with Gasteiger partial charge < -0.3 is 5.32 Å². The molecule has 1 unspecified atom stereocenters. The smallest absolute Gasteiger partial charge is 0.306 e. The van der Waals surface area contributed by atoms with Gasteiger partial charge in [0.1, 0.15) is 0 Å². The van der Waals surface area contributed by atoms with Crippen molar-refractivity contribution in [2.75, 3.05) is 11.9 Å². The molecule has 1 aliphatic rings. The summed E-state index contributed by atoms with van der Waals surface area (Å²) in [6.45, 7) is 0.329. The van der Waals surface area contributed by atoms with Crippen molar-refractivity contribution < 1.29 is 18.0 Å². The summed E-state index contributed by atoms with van der Waals surface area (Å²) in [5.41, 5.74) is -1.37. The Labute approximate surface area is 192 Å². The molecule has 9 heteroatoms. The summed E-state index contributed by atoms with van der Waals surface area (Å²) in [5, 5.41) is 9.18. The van der Waals surface area contributed by atoms with Crippen LogP contribution in [-0.4, -0.2) is 28.8 Å². The average Bonchev–Trinajstić information content (AvgIpc) is 3.21. The van der Waals surface area contributed by atoms with Crippen molar-refractivity contribution in [3.63, 3.8) is 0 Å². The molecule has 3 aromatic rings. The Bertz CT molecular complexity index is 1120. The Morgan fingerprint density at radius 2 is 1.66 bits per heavy atom. The molecule has 0 radical (unpaired) electrons. The predicted molar refractivity (Wildman–Crippen MR) is 121 cm³/mol. The summed E-state index contributed by atoms with van der Waals surface area (Å²) < 4.78 is 37.5. The van der Waals surface area contributed by atoms with Gasteiger partial charge in [-0.2, -0.15) is 18.3 Å². The topological polar surface area (TPSA) is 44.7 Å². The van der Waals surface area contributed by atoms with E-state index in [1.807, 2.05) is 42.5 Å². The summed E-state index contributed by atoms with van der Waals surface area (Å²) in [4.78, 5) is 12.9. The number of nitrogens with one attached hydrogen (secondary N) is 1. The van der Waals surface area contributed by atoms with Crippen molar-refractivity contribution in [2.45, 2.75) is 16.3 Å². The van der Waals surface area contributed by atoms with E-state index in [9.17, 15) is 18.0 Å². The summed E-state index contributed by atoms with van der Waals surface area (Å²) >= 11 is 5.81. The van der Waals surface area contributed by atoms with Crippen molar-refractivity contribution in [3.05, 3.63) is 95.0 Å². The van der Waals surface area contributed by atoms with E-state index >= 15 is 0 Å². The highest BCUT2D eigenvalue weighted by atomic mass is 35.5. The van der Waals surface area contributed by atoms with Gasteiger partial charge in [-0.3, -0.25) is 0 Å². The second-order valence-corrected chi connectivity index (χ2v) is 8.61. The van der Waals surface area contributed by atoms with E-state index in [4.69, 9.17) is 11.6 Å². The molecule has 4 nitrogen and oxygen atoms in total. The normalized spacial score (nSPS) is 16.1. The molecule has 0 spiro atoms. The zero-order valence-electron chi connectivity index (χ0n) is 16.5. The fraction of sp³-hybridized carbons (Fsp3) is 0.130. The van der Waals surface area contributed by atoms with Crippen molar-refractivity contribution in [1.82, 2.24) is 5.01 Å². The number of halogens is 4. The number of amides is 2. The maximum absolute atomic E-state index is 12.8. The van der Waals surface area contributed by atoms with Gasteiger partial charge in [0.2, 0.25) is 0 Å². The minimum atomic E-state index is -4.36. The standard InChI is InChI=1S/C23H17ClF3N3OS/c24-17-8-6-16(7-9-17)21-20(15-4-2-1-3-5-15)14-30(29-21)22(31)28-18-10-12-19(13-11-18)32-23(25,26)27/h1-13,20H,14H2,(H,28,31). The van der Waals surface area contributed by atoms with Crippen molar-refractivity contribution >= 4 is 40.8 Å². The fourth-order valence-electron chi connectivity index (χ4n) is 3.38. The van der Waals surface area contributed by atoms with Gasteiger partial charge in [-0.05, 0) is 59.3 Å². The zero-order chi connectivity index (χ0) is 22.7. The third-order valence-electron chi connectivity index (χ3n) is 4.83. The number of alkyl halides is 3. The van der Waals surface area contributed by atoms with Gasteiger partial charge in [0, 0.05) is 21.5 Å². The van der Waals surface area contributed by atoms with Gasteiger partial charge in [-0.25, -0.2) is 9.80 Å². The number of anilines is 1. The highest BCUT2D eigenvalue weighted by Crippen LogP contribution is 2.37. The molecular weight excluding hydrogens is 459 g/mol. The first kappa shape index (κ1) is 22.2. The van der Waals surface area contributed by atoms with Crippen LogP contribution >= 0.6 is 23.4 Å². The van der Waals surface area contributed by atoms with Crippen LogP contribution in [0.25, 0.3) is 0 Å². The van der Waals surface area contributed by atoms with Crippen LogP contribution in [-0.2, 0) is 0 Å². The maximum Gasteiger partial charge on any atom is 0.446 e. The minimum absolute atomic E-state index is 0.0452. The molecular formula is C23H17ClF3N3OS. The van der Waals surface area contributed by atoms with Crippen LogP contribution < -0.4 is 5.32 Å². The van der Waals surface area contributed by atoms with Crippen molar-refractivity contribution in [2.24, 2.45) is 5.10 Å². The number of urea groups is 1. The number of thioether (sulfide) groups is 1. The van der Waals surface area contributed by atoms with E-state index in [1.54, 1.807) is 12.1 Å². The van der Waals surface area contributed by atoms with Gasteiger partial charge in [-0.1, -0.05) is 54.1 Å². The number of benzene rings is 3. The monoisotopic (exact) mass is 475 g/mol. The van der Waals surface area contributed by atoms with E-state index in [0.717, 1.165) is 16.8 Å². The second-order valence-electron chi connectivity index (χ2n) is 7.04. The van der Waals surface area contributed by atoms with Crippen LogP contribution in [0.4, 0.5) is 23.7 Å². The minimum Gasteiger partial charge on any atom is -0.306 e. The summed E-state index contributed by atoms with van der Waals surface area (Å²) in [7, 11) is 0. The lowest BCUT2D eigenvalue weighted by Crippen LogP contribution is -2.30. The highest BCUT2D eigenvalue weighted by molar-refractivity contribution is 8.00. The summed E-state index contributed by atoms with van der Waals surface area (Å²) in [6.07, 6.45) is 0. The third-order valence-corrected chi connectivity index (χ3v) is 5.82. The first-order valence-corrected chi connectivity index (χ1v) is 10.8. The molecule has 1 aliphatic heterocycles. The molecule has 0 bridgehead atoms. The number of carbonyl (C=O) groups is 1. The van der Waals surface area contributed by atoms with Crippen molar-refractivity contribution in [1.29, 1.82) is 0 Å². The van der Waals surface area contributed by atoms with Gasteiger partial charge in [0.05, 0.1) is 12.3 Å². The number of carbonyl (C=O) groups excluding carboxylic acids is 1. The van der Waals surface area contributed by atoms with Crippen LogP contribution in [0.3, 0.4) is 0 Å². The van der Waals surface area contributed by atoms with Crippen LogP contribution in [0.1, 0.15) is 17.0 Å². The molecule has 32 heavy (non-hydrogen) atoms. The predicted octanol–water partition coefficient (Wildman–Crippen LogP) is 6.99. The van der Waals surface area contributed by atoms with E-state index in [-0.39, 0.29) is 22.6 Å². The van der Waals surface area contributed by atoms with Crippen LogP contribution in [0.2, 0.25) is 5.02 Å². The Morgan fingerprint density at radius 1 is 1.00 bits per heavy atom. The molecule has 0 saturated heterocycles. The Hall–Kier alpha value is -2.97. The highest BCUT2D eigenvalue weighted by Gasteiger charge is 2.32. The Balaban J connectivity index is 1.53. The molecule has 0 fully saturated rings. The molecule has 0 aliphatic carbocycles. The first-order valence-electron chi connectivity index (χ1n) is 9.62. The van der Waals surface area contributed by atoms with E-state index < -0.39 is 11.5 Å². The maximum atomic E-state index is 12.8. The Kier molecular flexibility index (Phi) is 6.43. The number of hydrogen-bond acceptors (Lipinski definition) is 3. The fourth-order valence-corrected chi connectivity index (χ4v) is 4.05. The molecule has 2 amide bonds. The molecule has 0 aromatic heterocycles. The molecule has 1 atom stereocenters. The molecule has 4 rings (SSSR count). The zero-order valence-corrected chi connectivity index (χ0v) is 18.1. The van der Waals surface area contributed by atoms with E-state index in [0.29, 0.717) is 17.3 Å². The quantitative estimate of drug-likeness (QED) is 0.413. The lowest BCUT2D eigenvalue weighted by atomic mass is 9.91. The number of rotatable bonds is 4. The lowest BCUT2D eigenvalue weighted by molar-refractivity contribution is -0.0328. The molecule has 1 heterocycles. The number of hydrazone groups is 1. The SMILES string of the molecule is O=C(Nc1ccc(SC(F)(F)F)cc1)N1CC(c2ccccc2)C(c2ccc(Cl)cc2)=N1. The third kappa shape index (κ3) is 5.44. The van der Waals surface area contributed by atoms with E-state index in [1.165, 1.54) is 29.3 Å². The average molecular weight is 476 g/mol. The molecule has 0 saturated carbocycles. The summed E-state index contributed by atoms with van der Waals surface area (Å²) in [6, 6.07) is 22.0. The molecule has 3 aromatic carbocycles. The first-order chi connectivity index (χ1) is 15.3. The number of nitrogens with zero attached hydrogens (tertiary/aromatic N) is 2. The van der Waals surface area contributed by atoms with Gasteiger partial charge in [-0.15, -0.1) is 0 Å². The van der Waals surface area contributed by atoms with Crippen molar-refractivity contribution in [3.8, 4) is 0 Å². The Morgan fingerprint density at radius 3 is 2.28 bits per heavy atom. The molecule has 1 N–H and O–H groups in total. The van der Waals surface area contributed by atoms with Crippen LogP contribution in [0.5, 0.6) is 0 Å². The molecule has 164 valence electrons. The van der Waals surface area contributed by atoms with Crippen LogP contribution in [0.15, 0.2) is 88.9 Å². The number of hydrogen-bond donors (Lipinski definition) is 1. The van der Waals surface area contributed by atoms with Gasteiger partial charge in [0.15, 0.2) is 0 Å². The summed E-state index contributed by atoms with van der Waals surface area (Å²) in [5.74, 6) is -0.131. The van der Waals surface area contributed by atoms with Gasteiger partial charge >= 0.3 is 11.5 Å². The van der Waals surface area contributed by atoms with E-state index in [2.05, 4.69) is 10.4 Å². The lowest BCUT2D eigenvalue weighted by Gasteiger charge is -2.16. The largest absolute Gasteiger partial charge is 0.446 e. The second kappa shape index (κ2) is 9.26. The van der Waals surface area contributed by atoms with Gasteiger partial charge in [0.25, 0.3) is 0 Å².